The maximum absolute atomic E-state index is 11.9. The van der Waals surface area contributed by atoms with Crippen LogP contribution in [0.2, 0.25) is 0 Å². The third-order valence-electron chi connectivity index (χ3n) is 3.65. The first kappa shape index (κ1) is 16.8. The van der Waals surface area contributed by atoms with Crippen LogP contribution >= 0.6 is 0 Å². The van der Waals surface area contributed by atoms with E-state index in [1.807, 2.05) is 30.3 Å². The summed E-state index contributed by atoms with van der Waals surface area (Å²) in [4.78, 5) is 23.8. The normalized spacial score (nSPS) is 13.2. The summed E-state index contributed by atoms with van der Waals surface area (Å²) in [6, 6.07) is 14.3. The first-order valence-electron chi connectivity index (χ1n) is 7.82. The molecule has 3 rings (SSSR count). The van der Waals surface area contributed by atoms with Crippen LogP contribution < -0.4 is 20.1 Å². The monoisotopic (exact) mass is 342 g/mol. The number of hydrogen-bond donors (Lipinski definition) is 3. The first-order valence-corrected chi connectivity index (χ1v) is 7.82. The Morgan fingerprint density at radius 3 is 2.60 bits per heavy atom. The number of benzene rings is 2. The second-order valence-corrected chi connectivity index (χ2v) is 5.58. The standard InChI is InChI=1S/C18H18N2O5/c21-14(8-12-4-2-1-3-5-12)10-19-17(22)18(23)20-13-6-7-15-16(9-13)25-11-24-15/h1-7,9,14,21H,8,10-11H2,(H,19,22)(H,20,23). The Bertz CT molecular complexity index is 763. The van der Waals surface area contributed by atoms with E-state index in [9.17, 15) is 14.7 Å². The summed E-state index contributed by atoms with van der Waals surface area (Å²) in [6.07, 6.45) is -0.380. The number of amides is 2. The molecule has 2 amide bonds. The molecule has 0 bridgehead atoms. The molecule has 1 aliphatic heterocycles. The molecule has 130 valence electrons. The molecule has 0 spiro atoms. The molecule has 0 saturated heterocycles. The Balaban J connectivity index is 1.47. The molecular weight excluding hydrogens is 324 g/mol. The van der Waals surface area contributed by atoms with Crippen LogP contribution in [0.25, 0.3) is 0 Å². The zero-order valence-corrected chi connectivity index (χ0v) is 13.4. The van der Waals surface area contributed by atoms with Crippen LogP contribution in [-0.2, 0) is 16.0 Å². The van der Waals surface area contributed by atoms with Gasteiger partial charge in [-0.25, -0.2) is 0 Å². The van der Waals surface area contributed by atoms with Gasteiger partial charge in [0.05, 0.1) is 6.10 Å². The highest BCUT2D eigenvalue weighted by molar-refractivity contribution is 6.39. The van der Waals surface area contributed by atoms with Gasteiger partial charge in [-0.1, -0.05) is 30.3 Å². The average molecular weight is 342 g/mol. The molecule has 2 aromatic carbocycles. The summed E-state index contributed by atoms with van der Waals surface area (Å²) in [5.74, 6) is -0.529. The minimum Gasteiger partial charge on any atom is -0.454 e. The number of hydrogen-bond acceptors (Lipinski definition) is 5. The molecule has 1 heterocycles. The van der Waals surface area contributed by atoms with Crippen molar-refractivity contribution in [1.82, 2.24) is 5.32 Å². The molecule has 0 fully saturated rings. The van der Waals surface area contributed by atoms with E-state index in [0.29, 0.717) is 23.6 Å². The number of nitrogens with one attached hydrogen (secondary N) is 2. The smallest absolute Gasteiger partial charge is 0.313 e. The fourth-order valence-corrected chi connectivity index (χ4v) is 2.41. The number of anilines is 1. The summed E-state index contributed by atoms with van der Waals surface area (Å²) in [5, 5.41) is 14.8. The van der Waals surface area contributed by atoms with Gasteiger partial charge in [0.1, 0.15) is 0 Å². The molecule has 25 heavy (non-hydrogen) atoms. The molecule has 7 heteroatoms. The van der Waals surface area contributed by atoms with Crippen LogP contribution in [-0.4, -0.2) is 36.4 Å². The highest BCUT2D eigenvalue weighted by Gasteiger charge is 2.18. The Morgan fingerprint density at radius 1 is 1.04 bits per heavy atom. The lowest BCUT2D eigenvalue weighted by molar-refractivity contribution is -0.136. The molecular formula is C18H18N2O5. The number of carbonyl (C=O) groups excluding carboxylic acids is 2. The molecule has 0 saturated carbocycles. The molecule has 0 aliphatic carbocycles. The van der Waals surface area contributed by atoms with Gasteiger partial charge < -0.3 is 25.2 Å². The zero-order chi connectivity index (χ0) is 17.6. The van der Waals surface area contributed by atoms with Crippen molar-refractivity contribution in [3.05, 3.63) is 54.1 Å². The molecule has 3 N–H and O–H groups in total. The molecule has 7 nitrogen and oxygen atoms in total. The van der Waals surface area contributed by atoms with Gasteiger partial charge >= 0.3 is 11.8 Å². The van der Waals surface area contributed by atoms with Crippen molar-refractivity contribution in [3.63, 3.8) is 0 Å². The molecule has 0 aromatic heterocycles. The van der Waals surface area contributed by atoms with Crippen molar-refractivity contribution in [2.24, 2.45) is 0 Å². The van der Waals surface area contributed by atoms with E-state index in [1.165, 1.54) is 0 Å². The molecule has 0 radical (unpaired) electrons. The van der Waals surface area contributed by atoms with E-state index in [0.717, 1.165) is 5.56 Å². The van der Waals surface area contributed by atoms with Crippen molar-refractivity contribution >= 4 is 17.5 Å². The van der Waals surface area contributed by atoms with Crippen LogP contribution in [0.15, 0.2) is 48.5 Å². The Labute approximate surface area is 144 Å². The predicted molar refractivity (Wildman–Crippen MR) is 90.4 cm³/mol. The van der Waals surface area contributed by atoms with Gasteiger partial charge in [0.2, 0.25) is 6.79 Å². The minimum absolute atomic E-state index is 0.0116. The summed E-state index contributed by atoms with van der Waals surface area (Å²) < 4.78 is 10.4. The van der Waals surface area contributed by atoms with E-state index in [1.54, 1.807) is 18.2 Å². The van der Waals surface area contributed by atoms with Gasteiger partial charge in [0.25, 0.3) is 0 Å². The quantitative estimate of drug-likeness (QED) is 0.707. The van der Waals surface area contributed by atoms with Gasteiger partial charge in [0, 0.05) is 24.7 Å². The maximum Gasteiger partial charge on any atom is 0.313 e. The second-order valence-electron chi connectivity index (χ2n) is 5.58. The Hall–Kier alpha value is -3.06. The van der Waals surface area contributed by atoms with Crippen molar-refractivity contribution in [1.29, 1.82) is 0 Å². The van der Waals surface area contributed by atoms with Crippen LogP contribution in [0, 0.1) is 0 Å². The lowest BCUT2D eigenvalue weighted by Gasteiger charge is -2.12. The summed E-state index contributed by atoms with van der Waals surface area (Å²) in [6.45, 7) is 0.120. The van der Waals surface area contributed by atoms with E-state index < -0.39 is 17.9 Å². The van der Waals surface area contributed by atoms with E-state index in [4.69, 9.17) is 9.47 Å². The number of aliphatic hydroxyl groups is 1. The fourth-order valence-electron chi connectivity index (χ4n) is 2.41. The van der Waals surface area contributed by atoms with Crippen molar-refractivity contribution in [3.8, 4) is 11.5 Å². The largest absolute Gasteiger partial charge is 0.454 e. The van der Waals surface area contributed by atoms with Gasteiger partial charge in [-0.2, -0.15) is 0 Å². The second kappa shape index (κ2) is 7.67. The fraction of sp³-hybridized carbons (Fsp3) is 0.222. The summed E-state index contributed by atoms with van der Waals surface area (Å²) in [7, 11) is 0. The van der Waals surface area contributed by atoms with Gasteiger partial charge in [0.15, 0.2) is 11.5 Å². The molecule has 1 aliphatic rings. The van der Waals surface area contributed by atoms with Crippen LogP contribution in [0.4, 0.5) is 5.69 Å². The first-order chi connectivity index (χ1) is 12.1. The van der Waals surface area contributed by atoms with Crippen molar-refractivity contribution < 1.29 is 24.2 Å². The SMILES string of the molecule is O=C(NCC(O)Cc1ccccc1)C(=O)Nc1ccc2c(c1)OCO2. The maximum atomic E-state index is 11.9. The third kappa shape index (κ3) is 4.48. The summed E-state index contributed by atoms with van der Waals surface area (Å²) in [5.41, 5.74) is 1.38. The van der Waals surface area contributed by atoms with Gasteiger partial charge in [-0.15, -0.1) is 0 Å². The number of ether oxygens (including phenoxy) is 2. The lowest BCUT2D eigenvalue weighted by Crippen LogP contribution is -2.40. The third-order valence-corrected chi connectivity index (χ3v) is 3.65. The van der Waals surface area contributed by atoms with E-state index >= 15 is 0 Å². The molecule has 2 aromatic rings. The predicted octanol–water partition coefficient (Wildman–Crippen LogP) is 1.07. The summed E-state index contributed by atoms with van der Waals surface area (Å²) >= 11 is 0. The van der Waals surface area contributed by atoms with E-state index in [2.05, 4.69) is 10.6 Å². The van der Waals surface area contributed by atoms with Gasteiger partial charge in [-0.3, -0.25) is 9.59 Å². The molecule has 1 atom stereocenters. The number of carbonyl (C=O) groups is 2. The number of aliphatic hydroxyl groups excluding tert-OH is 1. The number of fused-ring (bicyclic) bond motifs is 1. The van der Waals surface area contributed by atoms with Crippen LogP contribution in [0.3, 0.4) is 0 Å². The Morgan fingerprint density at radius 2 is 1.80 bits per heavy atom. The highest BCUT2D eigenvalue weighted by atomic mass is 16.7. The molecule has 1 unspecified atom stereocenters. The van der Waals surface area contributed by atoms with Crippen molar-refractivity contribution in [2.75, 3.05) is 18.7 Å². The average Bonchev–Trinajstić information content (AvgIpc) is 3.08. The number of rotatable bonds is 5. The topological polar surface area (TPSA) is 96.9 Å². The van der Waals surface area contributed by atoms with Gasteiger partial charge in [-0.05, 0) is 17.7 Å². The van der Waals surface area contributed by atoms with Crippen LogP contribution in [0.5, 0.6) is 11.5 Å². The zero-order valence-electron chi connectivity index (χ0n) is 13.4. The lowest BCUT2D eigenvalue weighted by atomic mass is 10.1. The Kier molecular flexibility index (Phi) is 5.15. The highest BCUT2D eigenvalue weighted by Crippen LogP contribution is 2.34. The van der Waals surface area contributed by atoms with Crippen LogP contribution in [0.1, 0.15) is 5.56 Å². The van der Waals surface area contributed by atoms with Crippen molar-refractivity contribution in [2.45, 2.75) is 12.5 Å². The minimum atomic E-state index is -0.815. The van der Waals surface area contributed by atoms with E-state index in [-0.39, 0.29) is 13.3 Å².